The first-order chi connectivity index (χ1) is 12.0. The monoisotopic (exact) mass is 367 g/mol. The molecule has 1 heterocycles. The van der Waals surface area contributed by atoms with Gasteiger partial charge in [0.15, 0.2) is 0 Å². The van der Waals surface area contributed by atoms with Crippen molar-refractivity contribution < 1.29 is 17.9 Å². The highest BCUT2D eigenvalue weighted by Gasteiger charge is 2.30. The summed E-state index contributed by atoms with van der Waals surface area (Å²) in [5.74, 6) is 0.611. The van der Waals surface area contributed by atoms with Gasteiger partial charge in [0.25, 0.3) is 0 Å². The van der Waals surface area contributed by atoms with Crippen molar-refractivity contribution >= 4 is 27.4 Å². The second-order valence-corrected chi connectivity index (χ2v) is 8.57. The maximum atomic E-state index is 12.2. The summed E-state index contributed by atoms with van der Waals surface area (Å²) in [4.78, 5) is 12.2. The van der Waals surface area contributed by atoms with E-state index in [1.165, 1.54) is 17.8 Å². The fourth-order valence-corrected chi connectivity index (χ4v) is 5.04. The molecule has 1 saturated carbocycles. The van der Waals surface area contributed by atoms with Gasteiger partial charge in [-0.1, -0.05) is 19.3 Å². The minimum atomic E-state index is -3.32. The van der Waals surface area contributed by atoms with E-state index < -0.39 is 10.0 Å². The summed E-state index contributed by atoms with van der Waals surface area (Å²) in [5, 5.41) is 5.79. The van der Waals surface area contributed by atoms with Crippen LogP contribution in [0.5, 0.6) is 5.75 Å². The van der Waals surface area contributed by atoms with E-state index in [4.69, 9.17) is 4.74 Å². The number of rotatable bonds is 4. The molecule has 0 aromatic heterocycles. The quantitative estimate of drug-likeness (QED) is 0.856. The number of amides is 2. The number of nitrogens with one attached hydrogen (secondary N) is 2. The number of hydrogen-bond acceptors (Lipinski definition) is 4. The van der Waals surface area contributed by atoms with Gasteiger partial charge in [0.05, 0.1) is 18.6 Å². The van der Waals surface area contributed by atoms with Gasteiger partial charge in [0.1, 0.15) is 5.75 Å². The van der Waals surface area contributed by atoms with Gasteiger partial charge in [-0.15, -0.1) is 0 Å². The summed E-state index contributed by atoms with van der Waals surface area (Å²) < 4.78 is 31.0. The van der Waals surface area contributed by atoms with E-state index in [2.05, 4.69) is 10.6 Å². The first-order valence-corrected chi connectivity index (χ1v) is 10.4. The van der Waals surface area contributed by atoms with Crippen molar-refractivity contribution in [1.29, 1.82) is 0 Å². The van der Waals surface area contributed by atoms with Crippen LogP contribution in [0.4, 0.5) is 16.2 Å². The van der Waals surface area contributed by atoms with Crippen LogP contribution in [0.2, 0.25) is 0 Å². The predicted octanol–water partition coefficient (Wildman–Crippen LogP) is 2.69. The number of sulfonamides is 1. The molecule has 1 saturated heterocycles. The summed E-state index contributed by atoms with van der Waals surface area (Å²) in [6.45, 7) is 0.427. The number of anilines is 2. The highest BCUT2D eigenvalue weighted by atomic mass is 32.2. The molecule has 1 aliphatic heterocycles. The Labute approximate surface area is 148 Å². The van der Waals surface area contributed by atoms with Crippen LogP contribution in [-0.4, -0.2) is 39.9 Å². The Bertz CT molecular complexity index is 729. The minimum absolute atomic E-state index is 0.135. The van der Waals surface area contributed by atoms with Gasteiger partial charge >= 0.3 is 6.03 Å². The lowest BCUT2D eigenvalue weighted by Gasteiger charge is -2.23. The maximum Gasteiger partial charge on any atom is 0.319 e. The lowest BCUT2D eigenvalue weighted by Crippen LogP contribution is -2.39. The molecule has 2 aliphatic rings. The second-order valence-electron chi connectivity index (χ2n) is 6.56. The zero-order valence-electron chi connectivity index (χ0n) is 14.5. The van der Waals surface area contributed by atoms with E-state index in [1.54, 1.807) is 18.2 Å². The molecule has 0 spiro atoms. The summed E-state index contributed by atoms with van der Waals surface area (Å²) >= 11 is 0. The standard InChI is InChI=1S/C17H25N3O4S/c1-24-16-9-8-14(12-15(16)20-10-5-11-25(20,22)23)19-17(21)18-13-6-3-2-4-7-13/h8-9,12-13H,2-7,10-11H2,1H3,(H2,18,19,21). The number of methoxy groups -OCH3 is 1. The van der Waals surface area contributed by atoms with Crippen LogP contribution in [0.25, 0.3) is 0 Å². The second kappa shape index (κ2) is 7.51. The van der Waals surface area contributed by atoms with Crippen LogP contribution >= 0.6 is 0 Å². The normalized spacial score (nSPS) is 20.3. The van der Waals surface area contributed by atoms with Crippen LogP contribution in [0, 0.1) is 0 Å². The van der Waals surface area contributed by atoms with E-state index in [0.29, 0.717) is 30.1 Å². The molecule has 2 N–H and O–H groups in total. The van der Waals surface area contributed by atoms with Gasteiger partial charge in [-0.3, -0.25) is 4.31 Å². The fraction of sp³-hybridized carbons (Fsp3) is 0.588. The van der Waals surface area contributed by atoms with Gasteiger partial charge in [0, 0.05) is 18.3 Å². The van der Waals surface area contributed by atoms with Gasteiger partial charge in [-0.25, -0.2) is 13.2 Å². The van der Waals surface area contributed by atoms with E-state index in [1.807, 2.05) is 0 Å². The zero-order chi connectivity index (χ0) is 17.9. The van der Waals surface area contributed by atoms with Crippen LogP contribution in [0.3, 0.4) is 0 Å². The molecule has 7 nitrogen and oxygen atoms in total. The number of hydrogen-bond donors (Lipinski definition) is 2. The number of ether oxygens (including phenoxy) is 1. The Hall–Kier alpha value is -1.96. The number of carbonyl (C=O) groups is 1. The third-order valence-electron chi connectivity index (χ3n) is 4.75. The molecule has 1 aromatic rings. The van der Waals surface area contributed by atoms with Crippen molar-refractivity contribution in [2.45, 2.75) is 44.6 Å². The Kier molecular flexibility index (Phi) is 5.36. The lowest BCUT2D eigenvalue weighted by atomic mass is 9.96. The number of nitrogens with zero attached hydrogens (tertiary/aromatic N) is 1. The van der Waals surface area contributed by atoms with Gasteiger partial charge in [-0.05, 0) is 37.5 Å². The Morgan fingerprint density at radius 3 is 2.60 bits per heavy atom. The van der Waals surface area contributed by atoms with E-state index in [9.17, 15) is 13.2 Å². The summed E-state index contributed by atoms with van der Waals surface area (Å²) in [6.07, 6.45) is 6.12. The average Bonchev–Trinajstić information content (AvgIpc) is 2.94. The molecule has 3 rings (SSSR count). The summed E-state index contributed by atoms with van der Waals surface area (Å²) in [5.41, 5.74) is 1.02. The third-order valence-corrected chi connectivity index (χ3v) is 6.60. The molecule has 2 amide bonds. The Morgan fingerprint density at radius 1 is 1.20 bits per heavy atom. The largest absolute Gasteiger partial charge is 0.495 e. The molecule has 1 aromatic carbocycles. The fourth-order valence-electron chi connectivity index (χ4n) is 3.47. The third kappa shape index (κ3) is 4.18. The highest BCUT2D eigenvalue weighted by Crippen LogP contribution is 2.35. The minimum Gasteiger partial charge on any atom is -0.495 e. The van der Waals surface area contributed by atoms with Gasteiger partial charge in [-0.2, -0.15) is 0 Å². The molecule has 1 aliphatic carbocycles. The van der Waals surface area contributed by atoms with Crippen molar-refractivity contribution in [3.8, 4) is 5.75 Å². The molecule has 0 unspecified atom stereocenters. The maximum absolute atomic E-state index is 12.2. The average molecular weight is 367 g/mol. The molecule has 8 heteroatoms. The number of benzene rings is 1. The summed E-state index contributed by atoms with van der Waals surface area (Å²) in [7, 11) is -1.81. The van der Waals surface area contributed by atoms with E-state index in [0.717, 1.165) is 25.7 Å². The molecule has 0 atom stereocenters. The van der Waals surface area contributed by atoms with Crippen LogP contribution < -0.4 is 19.7 Å². The van der Waals surface area contributed by atoms with Crippen molar-refractivity contribution in [1.82, 2.24) is 5.32 Å². The van der Waals surface area contributed by atoms with E-state index >= 15 is 0 Å². The summed E-state index contributed by atoms with van der Waals surface area (Å²) in [6, 6.07) is 5.00. The van der Waals surface area contributed by atoms with Crippen molar-refractivity contribution in [3.05, 3.63) is 18.2 Å². The van der Waals surface area contributed by atoms with Gasteiger partial charge in [0.2, 0.25) is 10.0 Å². The van der Waals surface area contributed by atoms with Crippen LogP contribution in [0.15, 0.2) is 18.2 Å². The molecule has 138 valence electrons. The highest BCUT2D eigenvalue weighted by molar-refractivity contribution is 7.93. The molecule has 2 fully saturated rings. The predicted molar refractivity (Wildman–Crippen MR) is 97.8 cm³/mol. The van der Waals surface area contributed by atoms with Crippen LogP contribution in [0.1, 0.15) is 38.5 Å². The van der Waals surface area contributed by atoms with E-state index in [-0.39, 0.29) is 17.8 Å². The zero-order valence-corrected chi connectivity index (χ0v) is 15.3. The van der Waals surface area contributed by atoms with Crippen molar-refractivity contribution in [3.63, 3.8) is 0 Å². The number of urea groups is 1. The first kappa shape index (κ1) is 17.8. The lowest BCUT2D eigenvalue weighted by molar-refractivity contribution is 0.244. The molecule has 0 bridgehead atoms. The number of carbonyl (C=O) groups excluding carboxylic acids is 1. The van der Waals surface area contributed by atoms with Gasteiger partial charge < -0.3 is 15.4 Å². The molecular formula is C17H25N3O4S. The molecule has 0 radical (unpaired) electrons. The SMILES string of the molecule is COc1ccc(NC(=O)NC2CCCCC2)cc1N1CCCS1(=O)=O. The smallest absolute Gasteiger partial charge is 0.319 e. The topological polar surface area (TPSA) is 87.7 Å². The molecule has 25 heavy (non-hydrogen) atoms. The van der Waals surface area contributed by atoms with Crippen molar-refractivity contribution in [2.24, 2.45) is 0 Å². The Morgan fingerprint density at radius 2 is 1.96 bits per heavy atom. The molecular weight excluding hydrogens is 342 g/mol. The van der Waals surface area contributed by atoms with Crippen LogP contribution in [-0.2, 0) is 10.0 Å². The Balaban J connectivity index is 1.74. The first-order valence-electron chi connectivity index (χ1n) is 8.75. The van der Waals surface area contributed by atoms with Crippen molar-refractivity contribution in [2.75, 3.05) is 29.0 Å².